The van der Waals surface area contributed by atoms with Gasteiger partial charge in [-0.3, -0.25) is 4.79 Å². The summed E-state index contributed by atoms with van der Waals surface area (Å²) in [6, 6.07) is 0.968. The van der Waals surface area contributed by atoms with E-state index < -0.39 is 0 Å². The SMILES string of the molecule is CCOC(=O)C(CCN(C)C1CCOCC1)NC1CC1. The van der Waals surface area contributed by atoms with Crippen LogP contribution in [0.5, 0.6) is 0 Å². The summed E-state index contributed by atoms with van der Waals surface area (Å²) in [7, 11) is 2.15. The predicted molar refractivity (Wildman–Crippen MR) is 77.7 cm³/mol. The summed E-state index contributed by atoms with van der Waals surface area (Å²) < 4.78 is 10.6. The summed E-state index contributed by atoms with van der Waals surface area (Å²) in [6.07, 6.45) is 5.38. The minimum atomic E-state index is -0.148. The zero-order chi connectivity index (χ0) is 14.4. The summed E-state index contributed by atoms with van der Waals surface area (Å²) in [4.78, 5) is 14.3. The van der Waals surface area contributed by atoms with E-state index in [1.807, 2.05) is 6.92 Å². The first-order chi connectivity index (χ1) is 9.70. The van der Waals surface area contributed by atoms with Gasteiger partial charge in [0, 0.05) is 31.8 Å². The molecule has 0 spiro atoms. The van der Waals surface area contributed by atoms with Gasteiger partial charge < -0.3 is 19.7 Å². The molecule has 1 saturated heterocycles. The third-order valence-corrected chi connectivity index (χ3v) is 4.17. The second-order valence-corrected chi connectivity index (χ2v) is 5.86. The van der Waals surface area contributed by atoms with Crippen LogP contribution in [0.25, 0.3) is 0 Å². The van der Waals surface area contributed by atoms with Gasteiger partial charge in [-0.05, 0) is 46.1 Å². The number of rotatable bonds is 8. The summed E-state index contributed by atoms with van der Waals surface area (Å²) in [5.74, 6) is -0.0974. The number of esters is 1. The number of carbonyl (C=O) groups excluding carboxylic acids is 1. The number of nitrogens with zero attached hydrogens (tertiary/aromatic N) is 1. The quantitative estimate of drug-likeness (QED) is 0.678. The minimum absolute atomic E-state index is 0.0974. The molecule has 1 aliphatic carbocycles. The minimum Gasteiger partial charge on any atom is -0.465 e. The first kappa shape index (κ1) is 15.7. The molecule has 2 fully saturated rings. The lowest BCUT2D eigenvalue weighted by atomic mass is 10.1. The third kappa shape index (κ3) is 5.04. The highest BCUT2D eigenvalue weighted by atomic mass is 16.5. The van der Waals surface area contributed by atoms with Crippen LogP contribution in [-0.4, -0.2) is 62.4 Å². The van der Waals surface area contributed by atoms with Crippen LogP contribution in [0.1, 0.15) is 39.0 Å². The van der Waals surface area contributed by atoms with E-state index in [1.54, 1.807) is 0 Å². The zero-order valence-electron chi connectivity index (χ0n) is 12.8. The molecule has 0 bridgehead atoms. The Balaban J connectivity index is 1.75. The third-order valence-electron chi connectivity index (χ3n) is 4.17. The average Bonchev–Trinajstić information content (AvgIpc) is 3.28. The van der Waals surface area contributed by atoms with Crippen molar-refractivity contribution in [1.82, 2.24) is 10.2 Å². The van der Waals surface area contributed by atoms with Gasteiger partial charge in [0.2, 0.25) is 0 Å². The molecule has 0 aromatic carbocycles. The molecule has 0 amide bonds. The van der Waals surface area contributed by atoms with Crippen LogP contribution in [0.3, 0.4) is 0 Å². The first-order valence-corrected chi connectivity index (χ1v) is 7.91. The van der Waals surface area contributed by atoms with Crippen molar-refractivity contribution in [2.24, 2.45) is 0 Å². The van der Waals surface area contributed by atoms with E-state index in [0.717, 1.165) is 39.0 Å². The van der Waals surface area contributed by atoms with Crippen LogP contribution in [0.2, 0.25) is 0 Å². The van der Waals surface area contributed by atoms with Crippen molar-refractivity contribution < 1.29 is 14.3 Å². The van der Waals surface area contributed by atoms with Gasteiger partial charge in [0.1, 0.15) is 6.04 Å². The maximum atomic E-state index is 12.0. The Kier molecular flexibility index (Phi) is 6.26. The highest BCUT2D eigenvalue weighted by molar-refractivity contribution is 5.75. The molecule has 1 aliphatic heterocycles. The Morgan fingerprint density at radius 3 is 2.65 bits per heavy atom. The van der Waals surface area contributed by atoms with Crippen molar-refractivity contribution in [2.75, 3.05) is 33.4 Å². The molecule has 0 radical (unpaired) electrons. The maximum Gasteiger partial charge on any atom is 0.323 e. The second kappa shape index (κ2) is 7.96. The van der Waals surface area contributed by atoms with Crippen LogP contribution < -0.4 is 5.32 Å². The molecular weight excluding hydrogens is 256 g/mol. The lowest BCUT2D eigenvalue weighted by Crippen LogP contribution is -2.44. The second-order valence-electron chi connectivity index (χ2n) is 5.86. The Morgan fingerprint density at radius 1 is 1.35 bits per heavy atom. The van der Waals surface area contributed by atoms with Crippen LogP contribution in [0.4, 0.5) is 0 Å². The molecule has 20 heavy (non-hydrogen) atoms. The highest BCUT2D eigenvalue weighted by Crippen LogP contribution is 2.21. The lowest BCUT2D eigenvalue weighted by Gasteiger charge is -2.32. The van der Waals surface area contributed by atoms with Gasteiger partial charge in [0.25, 0.3) is 0 Å². The van der Waals surface area contributed by atoms with Crippen LogP contribution >= 0.6 is 0 Å². The predicted octanol–water partition coefficient (Wildman–Crippen LogP) is 1.17. The number of carbonyl (C=O) groups is 1. The normalized spacial score (nSPS) is 21.9. The molecule has 2 rings (SSSR count). The largest absolute Gasteiger partial charge is 0.465 e. The van der Waals surface area contributed by atoms with Crippen molar-refractivity contribution in [3.05, 3.63) is 0 Å². The molecule has 1 heterocycles. The van der Waals surface area contributed by atoms with Crippen molar-refractivity contribution in [1.29, 1.82) is 0 Å². The fraction of sp³-hybridized carbons (Fsp3) is 0.933. The van der Waals surface area contributed by atoms with Crippen molar-refractivity contribution in [3.63, 3.8) is 0 Å². The van der Waals surface area contributed by atoms with E-state index in [0.29, 0.717) is 18.7 Å². The average molecular weight is 284 g/mol. The van der Waals surface area contributed by atoms with E-state index in [2.05, 4.69) is 17.3 Å². The summed E-state index contributed by atoms with van der Waals surface area (Å²) >= 11 is 0. The summed E-state index contributed by atoms with van der Waals surface area (Å²) in [5.41, 5.74) is 0. The zero-order valence-corrected chi connectivity index (χ0v) is 12.8. The fourth-order valence-corrected chi connectivity index (χ4v) is 2.69. The molecule has 1 atom stereocenters. The van der Waals surface area contributed by atoms with E-state index in [9.17, 15) is 4.79 Å². The van der Waals surface area contributed by atoms with E-state index in [-0.39, 0.29) is 12.0 Å². The molecule has 116 valence electrons. The van der Waals surface area contributed by atoms with Gasteiger partial charge >= 0.3 is 5.97 Å². The topological polar surface area (TPSA) is 50.8 Å². The molecule has 1 unspecified atom stereocenters. The Labute approximate surface area is 122 Å². The van der Waals surface area contributed by atoms with Crippen molar-refractivity contribution in [3.8, 4) is 0 Å². The summed E-state index contributed by atoms with van der Waals surface area (Å²) in [6.45, 7) is 4.96. The van der Waals surface area contributed by atoms with E-state index >= 15 is 0 Å². The monoisotopic (exact) mass is 284 g/mol. The van der Waals surface area contributed by atoms with Crippen LogP contribution in [-0.2, 0) is 14.3 Å². The number of hydrogen-bond donors (Lipinski definition) is 1. The Morgan fingerprint density at radius 2 is 2.05 bits per heavy atom. The van der Waals surface area contributed by atoms with Crippen LogP contribution in [0.15, 0.2) is 0 Å². The molecular formula is C15H28N2O3. The molecule has 1 N–H and O–H groups in total. The smallest absolute Gasteiger partial charge is 0.323 e. The molecule has 0 aromatic rings. The lowest BCUT2D eigenvalue weighted by molar-refractivity contribution is -0.146. The van der Waals surface area contributed by atoms with Crippen LogP contribution in [0, 0.1) is 0 Å². The number of hydrogen-bond acceptors (Lipinski definition) is 5. The van der Waals surface area contributed by atoms with Crippen molar-refractivity contribution >= 4 is 5.97 Å². The number of nitrogens with one attached hydrogen (secondary N) is 1. The Hall–Kier alpha value is -0.650. The Bertz CT molecular complexity index is 301. The summed E-state index contributed by atoms with van der Waals surface area (Å²) in [5, 5.41) is 3.41. The highest BCUT2D eigenvalue weighted by Gasteiger charge is 2.29. The van der Waals surface area contributed by atoms with Gasteiger partial charge in [-0.15, -0.1) is 0 Å². The van der Waals surface area contributed by atoms with Gasteiger partial charge in [-0.25, -0.2) is 0 Å². The fourth-order valence-electron chi connectivity index (χ4n) is 2.69. The molecule has 0 aromatic heterocycles. The van der Waals surface area contributed by atoms with Gasteiger partial charge in [0.05, 0.1) is 6.61 Å². The first-order valence-electron chi connectivity index (χ1n) is 7.91. The molecule has 1 saturated carbocycles. The van der Waals surface area contributed by atoms with Gasteiger partial charge in [0.15, 0.2) is 0 Å². The van der Waals surface area contributed by atoms with E-state index in [4.69, 9.17) is 9.47 Å². The van der Waals surface area contributed by atoms with E-state index in [1.165, 1.54) is 12.8 Å². The van der Waals surface area contributed by atoms with Crippen molar-refractivity contribution in [2.45, 2.75) is 57.2 Å². The standard InChI is InChI=1S/C15H28N2O3/c1-3-20-15(18)14(16-12-4-5-12)6-9-17(2)13-7-10-19-11-8-13/h12-14,16H,3-11H2,1-2H3. The van der Waals surface area contributed by atoms with Gasteiger partial charge in [-0.1, -0.05) is 0 Å². The number of ether oxygens (including phenoxy) is 2. The van der Waals surface area contributed by atoms with Gasteiger partial charge in [-0.2, -0.15) is 0 Å². The maximum absolute atomic E-state index is 12.0. The molecule has 5 heteroatoms. The molecule has 5 nitrogen and oxygen atoms in total. The molecule has 2 aliphatic rings.